The molecule has 85 valence electrons. The van der Waals surface area contributed by atoms with Gasteiger partial charge >= 0.3 is 0 Å². The predicted molar refractivity (Wildman–Crippen MR) is 70.3 cm³/mol. The predicted octanol–water partition coefficient (Wildman–Crippen LogP) is 4.41. The molecule has 0 saturated carbocycles. The molecular formula is C15H12ClO. The Labute approximate surface area is 106 Å². The molecule has 0 bridgehead atoms. The lowest BCUT2D eigenvalue weighted by Gasteiger charge is -2.09. The van der Waals surface area contributed by atoms with Crippen LogP contribution in [0.5, 0.6) is 5.75 Å². The average Bonchev–Trinajstić information content (AvgIpc) is 2.77. The van der Waals surface area contributed by atoms with E-state index >= 15 is 0 Å². The molecule has 0 amide bonds. The van der Waals surface area contributed by atoms with Crippen LogP contribution in [0.4, 0.5) is 0 Å². The first-order valence-corrected chi connectivity index (χ1v) is 5.99. The normalized spacial score (nSPS) is 13.3. The molecule has 1 aliphatic rings. The zero-order valence-corrected chi connectivity index (χ0v) is 10.3. The minimum absolute atomic E-state index is 0.755. The summed E-state index contributed by atoms with van der Waals surface area (Å²) in [6, 6.07) is 12.2. The lowest BCUT2D eigenvalue weighted by Crippen LogP contribution is -1.87. The Morgan fingerprint density at radius 1 is 1.12 bits per heavy atom. The highest BCUT2D eigenvalue weighted by Gasteiger charge is 2.18. The van der Waals surface area contributed by atoms with Crippen LogP contribution in [0.1, 0.15) is 11.1 Å². The van der Waals surface area contributed by atoms with Crippen LogP contribution in [0, 0.1) is 13.5 Å². The van der Waals surface area contributed by atoms with Crippen molar-refractivity contribution in [1.82, 2.24) is 0 Å². The molecule has 1 heterocycles. The number of aryl methyl sites for hydroxylation is 1. The minimum Gasteiger partial charge on any atom is -0.485 e. The van der Waals surface area contributed by atoms with Crippen LogP contribution in [0.3, 0.4) is 0 Å². The van der Waals surface area contributed by atoms with Crippen molar-refractivity contribution in [2.24, 2.45) is 0 Å². The molecule has 17 heavy (non-hydrogen) atoms. The Morgan fingerprint density at radius 3 is 2.65 bits per heavy atom. The van der Waals surface area contributed by atoms with Gasteiger partial charge in [0.2, 0.25) is 0 Å². The molecule has 0 atom stereocenters. The third-order valence-corrected chi connectivity index (χ3v) is 3.22. The zero-order chi connectivity index (χ0) is 11.8. The standard InChI is InChI=1S/C15H12ClO/c1-10-8-12-6-7-17-15(12)14(9-10)11-2-4-13(16)5-3-11/h2-5,7-9H,6H2,1H3. The van der Waals surface area contributed by atoms with Crippen LogP contribution in [-0.4, -0.2) is 0 Å². The van der Waals surface area contributed by atoms with Crippen LogP contribution in [-0.2, 0) is 6.42 Å². The van der Waals surface area contributed by atoms with Gasteiger partial charge in [-0.3, -0.25) is 0 Å². The maximum atomic E-state index is 5.91. The third kappa shape index (κ3) is 1.91. The van der Waals surface area contributed by atoms with E-state index in [-0.39, 0.29) is 0 Å². The molecule has 2 heteroatoms. The first-order chi connectivity index (χ1) is 8.24. The van der Waals surface area contributed by atoms with Crippen molar-refractivity contribution >= 4 is 11.6 Å². The third-order valence-electron chi connectivity index (χ3n) is 2.97. The van der Waals surface area contributed by atoms with Gasteiger partial charge in [0.25, 0.3) is 0 Å². The second kappa shape index (κ2) is 4.08. The quantitative estimate of drug-likeness (QED) is 0.721. The summed E-state index contributed by atoms with van der Waals surface area (Å²) < 4.78 is 5.61. The molecule has 1 nitrogen and oxygen atoms in total. The molecule has 1 aliphatic heterocycles. The van der Waals surface area contributed by atoms with Crippen molar-refractivity contribution in [3.63, 3.8) is 0 Å². The molecule has 0 saturated heterocycles. The van der Waals surface area contributed by atoms with Gasteiger partial charge < -0.3 is 4.74 Å². The number of fused-ring (bicyclic) bond motifs is 1. The molecule has 0 unspecified atom stereocenters. The summed E-state index contributed by atoms with van der Waals surface area (Å²) in [6.07, 6.45) is 0.887. The van der Waals surface area contributed by atoms with E-state index in [2.05, 4.69) is 19.1 Å². The van der Waals surface area contributed by atoms with E-state index < -0.39 is 0 Å². The molecule has 2 aromatic rings. The van der Waals surface area contributed by atoms with Gasteiger partial charge in [-0.2, -0.15) is 0 Å². The molecule has 0 aromatic heterocycles. The van der Waals surface area contributed by atoms with Crippen molar-refractivity contribution in [2.75, 3.05) is 0 Å². The van der Waals surface area contributed by atoms with Gasteiger partial charge in [0.15, 0.2) is 0 Å². The van der Waals surface area contributed by atoms with Gasteiger partial charge in [-0.25, -0.2) is 0 Å². The summed E-state index contributed by atoms with van der Waals surface area (Å²) >= 11 is 5.91. The summed E-state index contributed by atoms with van der Waals surface area (Å²) in [4.78, 5) is 0. The van der Waals surface area contributed by atoms with E-state index in [9.17, 15) is 0 Å². The van der Waals surface area contributed by atoms with E-state index in [1.165, 1.54) is 11.1 Å². The van der Waals surface area contributed by atoms with Crippen LogP contribution in [0.15, 0.2) is 36.4 Å². The highest BCUT2D eigenvalue weighted by Crippen LogP contribution is 2.39. The van der Waals surface area contributed by atoms with Crippen molar-refractivity contribution in [3.8, 4) is 16.9 Å². The summed E-state index contributed by atoms with van der Waals surface area (Å²) in [5, 5.41) is 0.755. The van der Waals surface area contributed by atoms with Gasteiger partial charge in [0.1, 0.15) is 12.4 Å². The number of rotatable bonds is 1. The van der Waals surface area contributed by atoms with Crippen molar-refractivity contribution in [3.05, 3.63) is 59.2 Å². The number of hydrogen-bond donors (Lipinski definition) is 0. The topological polar surface area (TPSA) is 9.23 Å². The summed E-state index contributed by atoms with van der Waals surface area (Å²) in [5.74, 6) is 0.984. The summed E-state index contributed by atoms with van der Waals surface area (Å²) in [6.45, 7) is 3.96. The molecule has 1 radical (unpaired) electrons. The highest BCUT2D eigenvalue weighted by atomic mass is 35.5. The maximum Gasteiger partial charge on any atom is 0.140 e. The Bertz CT molecular complexity index is 558. The number of benzene rings is 2. The second-order valence-corrected chi connectivity index (χ2v) is 4.73. The minimum atomic E-state index is 0.755. The Balaban J connectivity index is 2.17. The van der Waals surface area contributed by atoms with Gasteiger partial charge in [-0.05, 0) is 41.8 Å². The largest absolute Gasteiger partial charge is 0.485 e. The molecule has 2 aromatic carbocycles. The van der Waals surface area contributed by atoms with Crippen molar-refractivity contribution in [1.29, 1.82) is 0 Å². The average molecular weight is 244 g/mol. The molecular weight excluding hydrogens is 232 g/mol. The van der Waals surface area contributed by atoms with E-state index in [0.717, 1.165) is 28.3 Å². The zero-order valence-electron chi connectivity index (χ0n) is 9.53. The first kappa shape index (κ1) is 10.7. The summed E-state index contributed by atoms with van der Waals surface area (Å²) in [7, 11) is 0. The Kier molecular flexibility index (Phi) is 2.56. The van der Waals surface area contributed by atoms with Crippen LogP contribution < -0.4 is 4.74 Å². The highest BCUT2D eigenvalue weighted by molar-refractivity contribution is 6.30. The molecule has 0 N–H and O–H groups in total. The van der Waals surface area contributed by atoms with E-state index in [1.807, 2.05) is 30.9 Å². The van der Waals surface area contributed by atoms with Gasteiger partial charge in [0.05, 0.1) is 0 Å². The Morgan fingerprint density at radius 2 is 1.88 bits per heavy atom. The number of halogens is 1. The molecule has 0 aliphatic carbocycles. The number of ether oxygens (including phenoxy) is 1. The van der Waals surface area contributed by atoms with Gasteiger partial charge in [-0.15, -0.1) is 0 Å². The lowest BCUT2D eigenvalue weighted by atomic mass is 9.98. The fourth-order valence-electron chi connectivity index (χ4n) is 2.20. The monoisotopic (exact) mass is 243 g/mol. The summed E-state index contributed by atoms with van der Waals surface area (Å²) in [5.41, 5.74) is 4.80. The fraction of sp³-hybridized carbons (Fsp3) is 0.133. The SMILES string of the molecule is Cc1cc2c(c(-c3ccc(Cl)cc3)c1)O[CH]C2. The van der Waals surface area contributed by atoms with Gasteiger partial charge in [0, 0.05) is 17.0 Å². The molecule has 0 spiro atoms. The fourth-order valence-corrected chi connectivity index (χ4v) is 2.32. The van der Waals surface area contributed by atoms with Gasteiger partial charge in [-0.1, -0.05) is 29.8 Å². The lowest BCUT2D eigenvalue weighted by molar-refractivity contribution is 0.436. The Hall–Kier alpha value is -1.47. The second-order valence-electron chi connectivity index (χ2n) is 4.30. The van der Waals surface area contributed by atoms with Crippen molar-refractivity contribution < 1.29 is 4.74 Å². The van der Waals surface area contributed by atoms with Crippen molar-refractivity contribution in [2.45, 2.75) is 13.3 Å². The smallest absolute Gasteiger partial charge is 0.140 e. The van der Waals surface area contributed by atoms with Crippen LogP contribution in [0.25, 0.3) is 11.1 Å². The molecule has 3 rings (SSSR count). The maximum absolute atomic E-state index is 5.91. The number of hydrogen-bond acceptors (Lipinski definition) is 1. The van der Waals surface area contributed by atoms with Crippen LogP contribution >= 0.6 is 11.6 Å². The molecule has 0 fully saturated rings. The van der Waals surface area contributed by atoms with E-state index in [4.69, 9.17) is 16.3 Å². The van der Waals surface area contributed by atoms with Crippen LogP contribution in [0.2, 0.25) is 5.02 Å². The first-order valence-electron chi connectivity index (χ1n) is 5.62. The van der Waals surface area contributed by atoms with E-state index in [1.54, 1.807) is 0 Å². The van der Waals surface area contributed by atoms with E-state index in [0.29, 0.717) is 0 Å².